The van der Waals surface area contributed by atoms with Crippen molar-refractivity contribution in [2.75, 3.05) is 0 Å². The highest BCUT2D eigenvalue weighted by molar-refractivity contribution is 6.13. The third kappa shape index (κ3) is 4.58. The lowest BCUT2D eigenvalue weighted by Gasteiger charge is -2.14. The largest absolute Gasteiger partial charge is 0.309 e. The number of fused-ring (bicyclic) bond motifs is 9. The average Bonchev–Trinajstić information content (AvgIpc) is 3.85. The number of hydrogen-bond acceptors (Lipinski definition) is 3. The van der Waals surface area contributed by atoms with Crippen LogP contribution in [0.5, 0.6) is 0 Å². The van der Waals surface area contributed by atoms with Crippen molar-refractivity contribution in [1.29, 1.82) is 0 Å². The molecule has 7 nitrogen and oxygen atoms in total. The minimum absolute atomic E-state index is 0.492. The molecule has 11 rings (SSSR count). The molecule has 11 aromatic rings. The van der Waals surface area contributed by atoms with Crippen LogP contribution in [0.25, 0.3) is 98.7 Å². The Morgan fingerprint density at radius 3 is 1.20 bits per heavy atom. The van der Waals surface area contributed by atoms with Crippen LogP contribution in [0.1, 0.15) is 11.6 Å². The van der Waals surface area contributed by atoms with E-state index in [0.29, 0.717) is 28.7 Å². The maximum absolute atomic E-state index is 8.07. The second kappa shape index (κ2) is 11.7. The molecular weight excluding hydrogens is 675 g/mol. The Balaban J connectivity index is 1.24. The van der Waals surface area contributed by atoms with Crippen LogP contribution in [0, 0.1) is 20.4 Å². The molecule has 0 saturated heterocycles. The first-order valence-corrected chi connectivity index (χ1v) is 18.3. The number of hydrogen-bond donors (Lipinski definition) is 0. The highest BCUT2D eigenvalue weighted by Gasteiger charge is 2.20. The Bertz CT molecular complexity index is 3130. The average molecular weight is 706 g/mol. The molecular formula is C48H31N7. The van der Waals surface area contributed by atoms with Crippen LogP contribution in [0.4, 0.5) is 5.69 Å². The standard InChI is InChI=1S/C48H31N7/c1-29-50-30(2)52-48(51-29)40-26-31(22-25-41(40)49-3)55-46-27-32(53-42-16-8-4-12-34(42)35-13-5-9-17-43(35)53)20-23-38(46)39-24-21-33(28-47(39)55)54-44-18-10-6-14-36(44)37-15-7-11-19-45(37)54/h4-28H,1-2H3. The van der Waals surface area contributed by atoms with Crippen molar-refractivity contribution in [3.05, 3.63) is 175 Å². The number of aryl methyl sites for hydroxylation is 2. The van der Waals surface area contributed by atoms with Gasteiger partial charge < -0.3 is 13.7 Å². The van der Waals surface area contributed by atoms with Crippen molar-refractivity contribution in [3.63, 3.8) is 0 Å². The first kappa shape index (κ1) is 31.0. The number of aromatic nitrogens is 6. The van der Waals surface area contributed by atoms with Gasteiger partial charge in [-0.15, -0.1) is 0 Å². The van der Waals surface area contributed by atoms with Gasteiger partial charge in [-0.3, -0.25) is 0 Å². The lowest BCUT2D eigenvalue weighted by atomic mass is 10.1. The first-order valence-electron chi connectivity index (χ1n) is 18.3. The van der Waals surface area contributed by atoms with Gasteiger partial charge in [-0.25, -0.2) is 19.8 Å². The Morgan fingerprint density at radius 1 is 0.400 bits per heavy atom. The minimum atomic E-state index is 0.492. The van der Waals surface area contributed by atoms with Crippen LogP contribution in [-0.2, 0) is 0 Å². The third-order valence-corrected chi connectivity index (χ3v) is 10.9. The summed E-state index contributed by atoms with van der Waals surface area (Å²) in [7, 11) is 0. The molecule has 0 N–H and O–H groups in total. The van der Waals surface area contributed by atoms with Crippen LogP contribution in [0.3, 0.4) is 0 Å². The van der Waals surface area contributed by atoms with E-state index in [1.807, 2.05) is 26.0 Å². The van der Waals surface area contributed by atoms with Crippen LogP contribution >= 0.6 is 0 Å². The van der Waals surface area contributed by atoms with E-state index < -0.39 is 0 Å². The molecule has 4 aromatic heterocycles. The predicted octanol–water partition coefficient (Wildman–Crippen LogP) is 12.0. The molecule has 0 spiro atoms. The van der Waals surface area contributed by atoms with E-state index >= 15 is 0 Å². The van der Waals surface area contributed by atoms with E-state index in [-0.39, 0.29) is 0 Å². The fourth-order valence-electron chi connectivity index (χ4n) is 8.63. The molecule has 0 aliphatic heterocycles. The van der Waals surface area contributed by atoms with Crippen LogP contribution < -0.4 is 0 Å². The highest BCUT2D eigenvalue weighted by Crippen LogP contribution is 2.40. The maximum atomic E-state index is 8.07. The Hall–Kier alpha value is -7.56. The molecule has 7 aromatic carbocycles. The Morgan fingerprint density at radius 2 is 0.764 bits per heavy atom. The molecule has 7 heteroatoms. The van der Waals surface area contributed by atoms with Crippen molar-refractivity contribution in [2.24, 2.45) is 0 Å². The van der Waals surface area contributed by atoms with Crippen molar-refractivity contribution >= 4 is 71.1 Å². The summed E-state index contributed by atoms with van der Waals surface area (Å²) >= 11 is 0. The zero-order valence-electron chi connectivity index (χ0n) is 30.1. The van der Waals surface area contributed by atoms with Gasteiger partial charge in [0.1, 0.15) is 11.6 Å². The van der Waals surface area contributed by atoms with Gasteiger partial charge in [0.25, 0.3) is 0 Å². The quantitative estimate of drug-likeness (QED) is 0.171. The van der Waals surface area contributed by atoms with Crippen molar-refractivity contribution < 1.29 is 0 Å². The van der Waals surface area contributed by atoms with E-state index in [1.165, 1.54) is 21.5 Å². The summed E-state index contributed by atoms with van der Waals surface area (Å²) in [4.78, 5) is 17.7. The number of nitrogens with zero attached hydrogens (tertiary/aromatic N) is 7. The fourth-order valence-corrected chi connectivity index (χ4v) is 8.63. The summed E-state index contributed by atoms with van der Waals surface area (Å²) in [6.45, 7) is 11.8. The van der Waals surface area contributed by atoms with Gasteiger partial charge in [-0.1, -0.05) is 91.0 Å². The van der Waals surface area contributed by atoms with Crippen molar-refractivity contribution in [3.8, 4) is 28.5 Å². The topological polar surface area (TPSA) is 57.8 Å². The van der Waals surface area contributed by atoms with E-state index in [0.717, 1.165) is 60.9 Å². The summed E-state index contributed by atoms with van der Waals surface area (Å²) in [6.07, 6.45) is 0. The SMILES string of the molecule is [C-]#[N+]c1ccc(-n2c3cc(-n4c5ccccc5c5ccccc54)ccc3c3ccc(-n4c5ccccc5c5ccccc54)cc32)cc1-c1nc(C)nc(C)n1. The van der Waals surface area contributed by atoms with Crippen LogP contribution in [0.2, 0.25) is 0 Å². The smallest absolute Gasteiger partial charge is 0.198 e. The minimum Gasteiger partial charge on any atom is -0.309 e. The van der Waals surface area contributed by atoms with E-state index in [9.17, 15) is 0 Å². The Kier molecular flexibility index (Phi) is 6.61. The molecule has 0 atom stereocenters. The summed E-state index contributed by atoms with van der Waals surface area (Å²) in [5.74, 6) is 1.73. The fraction of sp³-hybridized carbons (Fsp3) is 0.0417. The summed E-state index contributed by atoms with van der Waals surface area (Å²) in [6, 6.07) is 54.0. The van der Waals surface area contributed by atoms with E-state index in [1.54, 1.807) is 0 Å². The molecule has 258 valence electrons. The van der Waals surface area contributed by atoms with Gasteiger partial charge in [-0.05, 0) is 74.5 Å². The second-order valence-corrected chi connectivity index (χ2v) is 14.0. The van der Waals surface area contributed by atoms with Crippen LogP contribution in [0.15, 0.2) is 152 Å². The summed E-state index contributed by atoms with van der Waals surface area (Å²) in [5, 5.41) is 7.15. The molecule has 0 unspecified atom stereocenters. The molecule has 0 aliphatic rings. The van der Waals surface area contributed by atoms with Gasteiger partial charge in [0, 0.05) is 54.9 Å². The molecule has 0 bridgehead atoms. The van der Waals surface area contributed by atoms with E-state index in [2.05, 4.69) is 163 Å². The first-order chi connectivity index (χ1) is 27.1. The van der Waals surface area contributed by atoms with Gasteiger partial charge in [0.2, 0.25) is 0 Å². The van der Waals surface area contributed by atoms with Gasteiger partial charge in [0.05, 0.1) is 39.7 Å². The predicted molar refractivity (Wildman–Crippen MR) is 224 cm³/mol. The van der Waals surface area contributed by atoms with Gasteiger partial charge in [0.15, 0.2) is 11.5 Å². The molecule has 4 heterocycles. The lowest BCUT2D eigenvalue weighted by molar-refractivity contribution is 0.929. The molecule has 0 amide bonds. The molecule has 0 radical (unpaired) electrons. The van der Waals surface area contributed by atoms with E-state index in [4.69, 9.17) is 16.5 Å². The number of rotatable bonds is 4. The molecule has 0 aliphatic carbocycles. The zero-order chi connectivity index (χ0) is 36.8. The van der Waals surface area contributed by atoms with Crippen molar-refractivity contribution in [2.45, 2.75) is 13.8 Å². The maximum Gasteiger partial charge on any atom is 0.198 e. The van der Waals surface area contributed by atoms with Gasteiger partial charge in [-0.2, -0.15) is 0 Å². The molecule has 0 fully saturated rings. The second-order valence-electron chi connectivity index (χ2n) is 14.0. The Labute approximate surface area is 315 Å². The highest BCUT2D eigenvalue weighted by atomic mass is 15.0. The van der Waals surface area contributed by atoms with Crippen molar-refractivity contribution in [1.82, 2.24) is 28.7 Å². The van der Waals surface area contributed by atoms with Crippen LogP contribution in [-0.4, -0.2) is 28.7 Å². The monoisotopic (exact) mass is 705 g/mol. The summed E-state index contributed by atoms with van der Waals surface area (Å²) in [5.41, 5.74) is 10.9. The normalized spacial score (nSPS) is 11.8. The lowest BCUT2D eigenvalue weighted by Crippen LogP contribution is -2.01. The molecule has 55 heavy (non-hydrogen) atoms. The zero-order valence-corrected chi connectivity index (χ0v) is 30.1. The molecule has 0 saturated carbocycles. The third-order valence-electron chi connectivity index (χ3n) is 10.9. The number of benzene rings is 7. The summed E-state index contributed by atoms with van der Waals surface area (Å²) < 4.78 is 7.05. The van der Waals surface area contributed by atoms with Gasteiger partial charge >= 0.3 is 0 Å². The number of para-hydroxylation sites is 4.